The van der Waals surface area contributed by atoms with E-state index in [1.54, 1.807) is 0 Å². The second kappa shape index (κ2) is 27.2. The standard InChI is InChI=1S/C61H64O11/c62-60-58(68-41-50-32-18-6-19-33-50)56(66-39-48-28-14-4-15-29-48)55(65-38-47-26-12-3-13-27-47)53(71-60)44-70-61-59(69-42-51-34-20-7-21-35-51)57(67-40-49-30-16-5-17-31-49)54(64-37-46-24-10-2-11-25-46)52(72-61)43-63-36-45-22-8-1-9-23-45/h1-35,52-62H,36-44H2/t52-,53-,54+,55-,56+,57+,58-,59-,60?,61+/m1/s1. The van der Waals surface area contributed by atoms with Crippen molar-refractivity contribution in [1.29, 1.82) is 0 Å². The van der Waals surface area contributed by atoms with Gasteiger partial charge in [-0.2, -0.15) is 0 Å². The quantitative estimate of drug-likeness (QED) is 0.0591. The number of aliphatic hydroxyl groups excluding tert-OH is 1. The summed E-state index contributed by atoms with van der Waals surface area (Å²) in [4.78, 5) is 0. The minimum atomic E-state index is -1.41. The number of rotatable bonds is 25. The lowest BCUT2D eigenvalue weighted by molar-refractivity contribution is -0.349. The fraction of sp³-hybridized carbons (Fsp3) is 0.311. The van der Waals surface area contributed by atoms with Gasteiger partial charge in [0.05, 0.1) is 59.5 Å². The Morgan fingerprint density at radius 1 is 0.278 bits per heavy atom. The molecular weight excluding hydrogens is 909 g/mol. The smallest absolute Gasteiger partial charge is 0.187 e. The van der Waals surface area contributed by atoms with Crippen LogP contribution in [0.15, 0.2) is 212 Å². The van der Waals surface area contributed by atoms with Gasteiger partial charge in [0.1, 0.15) is 48.8 Å². The maximum Gasteiger partial charge on any atom is 0.187 e. The summed E-state index contributed by atoms with van der Waals surface area (Å²) in [6.07, 6.45) is -8.74. The van der Waals surface area contributed by atoms with E-state index in [2.05, 4.69) is 0 Å². The molecule has 2 aliphatic rings. The summed E-state index contributed by atoms with van der Waals surface area (Å²) in [5, 5.41) is 12.0. The summed E-state index contributed by atoms with van der Waals surface area (Å²) in [5.74, 6) is 0. The van der Waals surface area contributed by atoms with E-state index < -0.39 is 61.4 Å². The van der Waals surface area contributed by atoms with Crippen LogP contribution in [0.2, 0.25) is 0 Å². The third kappa shape index (κ3) is 14.8. The van der Waals surface area contributed by atoms with Gasteiger partial charge in [-0.05, 0) is 38.9 Å². The van der Waals surface area contributed by atoms with Crippen LogP contribution in [0.3, 0.4) is 0 Å². The molecule has 0 aromatic heterocycles. The van der Waals surface area contributed by atoms with Gasteiger partial charge < -0.3 is 52.5 Å². The highest BCUT2D eigenvalue weighted by atomic mass is 16.7. The molecule has 0 aliphatic carbocycles. The molecule has 2 saturated heterocycles. The largest absolute Gasteiger partial charge is 0.374 e. The first-order chi connectivity index (χ1) is 35.6. The summed E-state index contributed by atoms with van der Waals surface area (Å²) in [7, 11) is 0. The molecule has 0 radical (unpaired) electrons. The lowest BCUT2D eigenvalue weighted by atomic mass is 9.97. The number of benzene rings is 7. The Hall–Kier alpha value is -5.90. The molecule has 72 heavy (non-hydrogen) atoms. The zero-order chi connectivity index (χ0) is 49.0. The molecule has 2 aliphatic heterocycles. The van der Waals surface area contributed by atoms with Crippen LogP contribution in [-0.4, -0.2) is 79.7 Å². The van der Waals surface area contributed by atoms with Crippen molar-refractivity contribution in [2.75, 3.05) is 13.2 Å². The predicted octanol–water partition coefficient (Wildman–Crippen LogP) is 10.2. The van der Waals surface area contributed by atoms with E-state index in [0.717, 1.165) is 38.9 Å². The maximum absolute atomic E-state index is 12.0. The van der Waals surface area contributed by atoms with Gasteiger partial charge in [-0.3, -0.25) is 0 Å². The van der Waals surface area contributed by atoms with E-state index in [9.17, 15) is 5.11 Å². The average Bonchev–Trinajstić information content (AvgIpc) is 3.44. The zero-order valence-corrected chi connectivity index (χ0v) is 40.4. The molecule has 7 aromatic carbocycles. The lowest BCUT2D eigenvalue weighted by Gasteiger charge is -2.47. The van der Waals surface area contributed by atoms with Gasteiger partial charge in [0.25, 0.3) is 0 Å². The van der Waals surface area contributed by atoms with Crippen molar-refractivity contribution in [3.63, 3.8) is 0 Å². The minimum Gasteiger partial charge on any atom is -0.374 e. The first-order valence-corrected chi connectivity index (χ1v) is 24.8. The fourth-order valence-corrected chi connectivity index (χ4v) is 8.97. The highest BCUT2D eigenvalue weighted by molar-refractivity contribution is 5.19. The molecule has 1 N–H and O–H groups in total. The van der Waals surface area contributed by atoms with Gasteiger partial charge >= 0.3 is 0 Å². The van der Waals surface area contributed by atoms with Gasteiger partial charge in [0.2, 0.25) is 0 Å². The topological polar surface area (TPSA) is 113 Å². The van der Waals surface area contributed by atoms with E-state index in [-0.39, 0.29) is 52.9 Å². The van der Waals surface area contributed by atoms with E-state index in [1.165, 1.54) is 0 Å². The third-order valence-electron chi connectivity index (χ3n) is 12.7. The van der Waals surface area contributed by atoms with Gasteiger partial charge in [-0.1, -0.05) is 212 Å². The Labute approximate surface area is 423 Å². The highest BCUT2D eigenvalue weighted by Crippen LogP contribution is 2.34. The number of hydrogen-bond acceptors (Lipinski definition) is 11. The molecule has 374 valence electrons. The summed E-state index contributed by atoms with van der Waals surface area (Å²) >= 11 is 0. The van der Waals surface area contributed by atoms with Gasteiger partial charge in [0, 0.05) is 0 Å². The Bertz CT molecular complexity index is 2550. The van der Waals surface area contributed by atoms with Crippen LogP contribution in [-0.2, 0) is 93.6 Å². The van der Waals surface area contributed by atoms with Crippen molar-refractivity contribution in [2.45, 2.75) is 108 Å². The van der Waals surface area contributed by atoms with Crippen LogP contribution in [0.5, 0.6) is 0 Å². The van der Waals surface area contributed by atoms with Crippen molar-refractivity contribution < 1.29 is 52.5 Å². The normalized spacial score (nSPS) is 24.2. The Morgan fingerprint density at radius 3 is 0.917 bits per heavy atom. The third-order valence-corrected chi connectivity index (χ3v) is 12.7. The Morgan fingerprint density at radius 2 is 0.556 bits per heavy atom. The van der Waals surface area contributed by atoms with Crippen LogP contribution < -0.4 is 0 Å². The van der Waals surface area contributed by atoms with E-state index in [0.29, 0.717) is 6.61 Å². The van der Waals surface area contributed by atoms with Crippen molar-refractivity contribution in [2.24, 2.45) is 0 Å². The number of hydrogen-bond donors (Lipinski definition) is 1. The first-order valence-electron chi connectivity index (χ1n) is 24.8. The van der Waals surface area contributed by atoms with Gasteiger partial charge in [0.15, 0.2) is 12.6 Å². The monoisotopic (exact) mass is 972 g/mol. The van der Waals surface area contributed by atoms with Crippen molar-refractivity contribution in [3.05, 3.63) is 251 Å². The highest BCUT2D eigenvalue weighted by Gasteiger charge is 2.52. The van der Waals surface area contributed by atoms with Crippen LogP contribution >= 0.6 is 0 Å². The van der Waals surface area contributed by atoms with Crippen LogP contribution in [0.1, 0.15) is 38.9 Å². The van der Waals surface area contributed by atoms with E-state index in [1.807, 2.05) is 212 Å². The average molecular weight is 973 g/mol. The van der Waals surface area contributed by atoms with Crippen LogP contribution in [0.4, 0.5) is 0 Å². The Balaban J connectivity index is 1.04. The molecule has 9 rings (SSSR count). The van der Waals surface area contributed by atoms with E-state index in [4.69, 9.17) is 47.4 Å². The molecule has 11 nitrogen and oxygen atoms in total. The van der Waals surface area contributed by atoms with Crippen molar-refractivity contribution >= 4 is 0 Å². The summed E-state index contributed by atoms with van der Waals surface area (Å²) in [6, 6.07) is 69.7. The van der Waals surface area contributed by atoms with Gasteiger partial charge in [-0.25, -0.2) is 0 Å². The molecule has 0 spiro atoms. The van der Waals surface area contributed by atoms with E-state index >= 15 is 0 Å². The predicted molar refractivity (Wildman–Crippen MR) is 272 cm³/mol. The van der Waals surface area contributed by atoms with Crippen LogP contribution in [0.25, 0.3) is 0 Å². The molecule has 2 fully saturated rings. The minimum absolute atomic E-state index is 0.0957. The lowest BCUT2D eigenvalue weighted by Crippen LogP contribution is -2.63. The molecule has 0 amide bonds. The first kappa shape index (κ1) is 51.0. The zero-order valence-electron chi connectivity index (χ0n) is 40.4. The second-order valence-corrected chi connectivity index (χ2v) is 18.0. The number of ether oxygens (including phenoxy) is 10. The molecule has 0 bridgehead atoms. The molecule has 10 atom stereocenters. The molecule has 0 saturated carbocycles. The maximum atomic E-state index is 12.0. The van der Waals surface area contributed by atoms with Gasteiger partial charge in [-0.15, -0.1) is 0 Å². The summed E-state index contributed by atoms with van der Waals surface area (Å²) in [6.45, 7) is 1.89. The van der Waals surface area contributed by atoms with Crippen molar-refractivity contribution in [1.82, 2.24) is 0 Å². The molecule has 1 unspecified atom stereocenters. The molecular formula is C61H64O11. The Kier molecular flexibility index (Phi) is 19.3. The summed E-state index contributed by atoms with van der Waals surface area (Å²) in [5.41, 5.74) is 6.80. The van der Waals surface area contributed by atoms with Crippen LogP contribution in [0, 0.1) is 0 Å². The SMILES string of the molecule is OC1O[C@H](CO[C@H]2O[C@H](COCc3ccccc3)[C@H](OCc3ccccc3)[C@H](OCc3ccccc3)[C@H]2OCc2ccccc2)[C@@H](OCc2ccccc2)[C@H](OCc2ccccc2)[C@H]1OCc1ccccc1. The molecule has 7 aromatic rings. The molecule has 2 heterocycles. The fourth-order valence-electron chi connectivity index (χ4n) is 8.97. The number of aliphatic hydroxyl groups is 1. The second-order valence-electron chi connectivity index (χ2n) is 18.0. The molecule has 11 heteroatoms. The summed E-state index contributed by atoms with van der Waals surface area (Å²) < 4.78 is 67.9. The van der Waals surface area contributed by atoms with Crippen molar-refractivity contribution in [3.8, 4) is 0 Å².